The lowest BCUT2D eigenvalue weighted by atomic mass is 10.2. The van der Waals surface area contributed by atoms with Crippen LogP contribution in [0.2, 0.25) is 0 Å². The highest BCUT2D eigenvalue weighted by molar-refractivity contribution is 5.65. The number of nitrogens with two attached hydrogens (primary N) is 1. The van der Waals surface area contributed by atoms with Crippen LogP contribution in [0.5, 0.6) is 0 Å². The summed E-state index contributed by atoms with van der Waals surface area (Å²) in [7, 11) is 2.01. The first-order chi connectivity index (χ1) is 8.88. The van der Waals surface area contributed by atoms with E-state index in [9.17, 15) is 13.2 Å². The number of aromatic nitrogens is 1. The van der Waals surface area contributed by atoms with Gasteiger partial charge in [-0.25, -0.2) is 4.98 Å². The summed E-state index contributed by atoms with van der Waals surface area (Å²) in [6.45, 7) is 1.61. The number of likely N-dealkylation sites (tertiary alicyclic amines) is 1. The topological polar surface area (TPSA) is 54.2 Å². The summed E-state index contributed by atoms with van der Waals surface area (Å²) in [5.41, 5.74) is 5.24. The number of hydrogen-bond donors (Lipinski definition) is 2. The fraction of sp³-hybridized carbons (Fsp3) is 0.583. The van der Waals surface area contributed by atoms with Crippen molar-refractivity contribution in [3.63, 3.8) is 0 Å². The van der Waals surface area contributed by atoms with E-state index in [2.05, 4.69) is 15.2 Å². The van der Waals surface area contributed by atoms with E-state index in [-0.39, 0.29) is 5.69 Å². The van der Waals surface area contributed by atoms with Crippen molar-refractivity contribution in [1.29, 1.82) is 0 Å². The van der Waals surface area contributed by atoms with E-state index in [1.54, 1.807) is 0 Å². The maximum Gasteiger partial charge on any atom is 0.433 e. The molecule has 0 saturated carbocycles. The Balaban J connectivity index is 2.07. The number of alkyl halides is 3. The minimum absolute atomic E-state index is 0.230. The minimum atomic E-state index is -4.45. The van der Waals surface area contributed by atoms with Crippen molar-refractivity contribution in [3.8, 4) is 0 Å². The second-order valence-corrected chi connectivity index (χ2v) is 4.81. The smallest absolute Gasteiger partial charge is 0.396 e. The summed E-state index contributed by atoms with van der Waals surface area (Å²) in [5, 5.41) is 2.99. The molecule has 1 atom stereocenters. The van der Waals surface area contributed by atoms with Crippen LogP contribution in [0.4, 0.5) is 24.5 Å². The van der Waals surface area contributed by atoms with Gasteiger partial charge in [0.1, 0.15) is 5.69 Å². The van der Waals surface area contributed by atoms with Gasteiger partial charge >= 0.3 is 6.18 Å². The molecule has 0 aliphatic carbocycles. The molecule has 0 amide bonds. The van der Waals surface area contributed by atoms with E-state index in [1.165, 1.54) is 0 Å². The predicted molar refractivity (Wildman–Crippen MR) is 67.8 cm³/mol. The Hall–Kier alpha value is -1.50. The zero-order chi connectivity index (χ0) is 14.0. The number of nitrogens with zero attached hydrogens (tertiary/aromatic N) is 2. The second kappa shape index (κ2) is 5.24. The summed E-state index contributed by atoms with van der Waals surface area (Å²) in [6, 6.07) is 1.30. The van der Waals surface area contributed by atoms with Gasteiger partial charge in [-0.1, -0.05) is 0 Å². The minimum Gasteiger partial charge on any atom is -0.396 e. The molecule has 4 nitrogen and oxygen atoms in total. The average Bonchev–Trinajstić information content (AvgIpc) is 2.72. The predicted octanol–water partition coefficient (Wildman–Crippen LogP) is 2.19. The summed E-state index contributed by atoms with van der Waals surface area (Å²) in [4.78, 5) is 5.49. The van der Waals surface area contributed by atoms with Crippen molar-refractivity contribution in [1.82, 2.24) is 9.88 Å². The van der Waals surface area contributed by atoms with Crippen molar-refractivity contribution in [3.05, 3.63) is 18.0 Å². The highest BCUT2D eigenvalue weighted by atomic mass is 19.4. The number of halogens is 3. The zero-order valence-corrected chi connectivity index (χ0v) is 10.7. The first-order valence-corrected chi connectivity index (χ1v) is 6.15. The number of pyridine rings is 1. The third-order valence-corrected chi connectivity index (χ3v) is 3.42. The molecule has 0 bridgehead atoms. The second-order valence-electron chi connectivity index (χ2n) is 4.81. The van der Waals surface area contributed by atoms with Crippen molar-refractivity contribution in [2.45, 2.75) is 25.1 Å². The molecular formula is C12H17F3N4. The molecule has 2 rings (SSSR count). The Kier molecular flexibility index (Phi) is 3.84. The Morgan fingerprint density at radius 3 is 2.84 bits per heavy atom. The molecule has 1 aromatic heterocycles. The maximum absolute atomic E-state index is 12.6. The number of rotatable bonds is 3. The van der Waals surface area contributed by atoms with Crippen LogP contribution in [-0.2, 0) is 6.18 Å². The first kappa shape index (κ1) is 13.9. The van der Waals surface area contributed by atoms with Gasteiger partial charge in [0.2, 0.25) is 0 Å². The van der Waals surface area contributed by atoms with Crippen LogP contribution < -0.4 is 11.1 Å². The van der Waals surface area contributed by atoms with Gasteiger partial charge in [0.15, 0.2) is 0 Å². The molecule has 1 unspecified atom stereocenters. The molecule has 106 valence electrons. The van der Waals surface area contributed by atoms with Crippen LogP contribution in [0.25, 0.3) is 0 Å². The summed E-state index contributed by atoms with van der Waals surface area (Å²) in [6.07, 6.45) is -1.25. The summed E-state index contributed by atoms with van der Waals surface area (Å²) < 4.78 is 37.7. The quantitative estimate of drug-likeness (QED) is 0.887. The summed E-state index contributed by atoms with van der Waals surface area (Å²) >= 11 is 0. The monoisotopic (exact) mass is 274 g/mol. The third-order valence-electron chi connectivity index (χ3n) is 3.42. The molecule has 0 spiro atoms. The molecule has 19 heavy (non-hydrogen) atoms. The van der Waals surface area contributed by atoms with Crippen LogP contribution in [0.3, 0.4) is 0 Å². The normalized spacial score (nSPS) is 20.7. The Morgan fingerprint density at radius 2 is 2.26 bits per heavy atom. The summed E-state index contributed by atoms with van der Waals surface area (Å²) in [5.74, 6) is 0. The van der Waals surface area contributed by atoms with Crippen LogP contribution >= 0.6 is 0 Å². The van der Waals surface area contributed by atoms with E-state index < -0.39 is 11.9 Å². The highest BCUT2D eigenvalue weighted by Gasteiger charge is 2.33. The van der Waals surface area contributed by atoms with Gasteiger partial charge in [0, 0.05) is 12.6 Å². The van der Waals surface area contributed by atoms with Crippen LogP contribution in [-0.4, -0.2) is 36.1 Å². The number of likely N-dealkylation sites (N-methyl/N-ethyl adjacent to an activating group) is 1. The van der Waals surface area contributed by atoms with Crippen molar-refractivity contribution >= 4 is 11.4 Å². The zero-order valence-electron chi connectivity index (χ0n) is 10.7. The highest BCUT2D eigenvalue weighted by Crippen LogP contribution is 2.31. The first-order valence-electron chi connectivity index (χ1n) is 6.15. The number of nitrogens with one attached hydrogen (secondary N) is 1. The fourth-order valence-electron chi connectivity index (χ4n) is 2.24. The standard InChI is InChI=1S/C12H17F3N4/c1-19-4-2-3-8(19)6-17-10-5-11(12(13,14)15)18-7-9(10)16/h5,7-8H,2-4,6,16H2,1H3,(H,17,18). The molecule has 1 aliphatic rings. The molecule has 1 fully saturated rings. The third kappa shape index (κ3) is 3.28. The van der Waals surface area contributed by atoms with Crippen LogP contribution in [0.15, 0.2) is 12.3 Å². The molecule has 0 radical (unpaired) electrons. The molecule has 1 saturated heterocycles. The molecule has 3 N–H and O–H groups in total. The van der Waals surface area contributed by atoms with Crippen molar-refractivity contribution in [2.24, 2.45) is 0 Å². The van der Waals surface area contributed by atoms with E-state index in [4.69, 9.17) is 5.73 Å². The molecular weight excluding hydrogens is 257 g/mol. The van der Waals surface area contributed by atoms with Gasteiger partial charge in [-0.05, 0) is 32.5 Å². The lowest BCUT2D eigenvalue weighted by Gasteiger charge is -2.21. The Bertz CT molecular complexity index is 447. The number of nitrogen functional groups attached to an aromatic ring is 1. The molecule has 2 heterocycles. The lowest BCUT2D eigenvalue weighted by Crippen LogP contribution is -2.31. The van der Waals surface area contributed by atoms with Gasteiger partial charge in [-0.2, -0.15) is 13.2 Å². The van der Waals surface area contributed by atoms with E-state index >= 15 is 0 Å². The SMILES string of the molecule is CN1CCCC1CNc1cc(C(F)(F)F)ncc1N. The van der Waals surface area contributed by atoms with Gasteiger partial charge in [-0.3, -0.25) is 0 Å². The van der Waals surface area contributed by atoms with E-state index in [0.717, 1.165) is 31.6 Å². The van der Waals surface area contributed by atoms with E-state index in [0.29, 0.717) is 18.3 Å². The average molecular weight is 274 g/mol. The van der Waals surface area contributed by atoms with Crippen LogP contribution in [0.1, 0.15) is 18.5 Å². The fourth-order valence-corrected chi connectivity index (χ4v) is 2.24. The van der Waals surface area contributed by atoms with Gasteiger partial charge in [0.25, 0.3) is 0 Å². The molecule has 1 aliphatic heterocycles. The maximum atomic E-state index is 12.6. The molecule has 1 aromatic rings. The van der Waals surface area contributed by atoms with Crippen LogP contribution in [0, 0.1) is 0 Å². The molecule has 7 heteroatoms. The van der Waals surface area contributed by atoms with Gasteiger partial charge in [-0.15, -0.1) is 0 Å². The Morgan fingerprint density at radius 1 is 1.53 bits per heavy atom. The largest absolute Gasteiger partial charge is 0.433 e. The Labute approximate surface area is 109 Å². The van der Waals surface area contributed by atoms with Gasteiger partial charge in [0.05, 0.1) is 17.6 Å². The number of hydrogen-bond acceptors (Lipinski definition) is 4. The van der Waals surface area contributed by atoms with Gasteiger partial charge < -0.3 is 16.0 Å². The van der Waals surface area contributed by atoms with Crippen molar-refractivity contribution in [2.75, 3.05) is 31.2 Å². The van der Waals surface area contributed by atoms with Crippen molar-refractivity contribution < 1.29 is 13.2 Å². The molecule has 0 aromatic carbocycles. The lowest BCUT2D eigenvalue weighted by molar-refractivity contribution is -0.141. The number of anilines is 2. The van der Waals surface area contributed by atoms with E-state index in [1.807, 2.05) is 7.05 Å².